The Bertz CT molecular complexity index is 5570. The molecule has 14 aromatic rings. The van der Waals surface area contributed by atoms with E-state index >= 15 is 0 Å². The van der Waals surface area contributed by atoms with E-state index in [9.17, 15) is 0 Å². The van der Waals surface area contributed by atoms with Crippen molar-refractivity contribution in [2.75, 3.05) is 38.9 Å². The van der Waals surface area contributed by atoms with Gasteiger partial charge in [-0.3, -0.25) is 19.9 Å². The number of hydrogen-bond donors (Lipinski definition) is 4. The highest BCUT2D eigenvalue weighted by Crippen LogP contribution is 2.45. The van der Waals surface area contributed by atoms with E-state index in [4.69, 9.17) is 107 Å². The first kappa shape index (κ1) is 84.8. The monoisotopic (exact) mass is 1650 g/mol. The lowest BCUT2D eigenvalue weighted by Crippen LogP contribution is -2.41. The first-order chi connectivity index (χ1) is 52.7. The first-order valence-electron chi connectivity index (χ1n) is 36.4. The highest BCUT2D eigenvalue weighted by Gasteiger charge is 2.64. The second-order valence-corrected chi connectivity index (χ2v) is 32.1. The van der Waals surface area contributed by atoms with Crippen molar-refractivity contribution in [1.82, 2.24) is 19.9 Å². The molecule has 1 atom stereocenters. The predicted octanol–water partition coefficient (Wildman–Crippen LogP) is 19.1. The van der Waals surface area contributed by atoms with Gasteiger partial charge in [0.15, 0.2) is 0 Å². The molecule has 4 saturated heterocycles. The molecule has 28 heteroatoms. The van der Waals surface area contributed by atoms with Crippen LogP contribution < -0.4 is 31.9 Å². The van der Waals surface area contributed by atoms with Gasteiger partial charge in [0, 0.05) is 133 Å². The Balaban J connectivity index is 0.000000133. The fourth-order valence-electron chi connectivity index (χ4n) is 12.8. The zero-order chi connectivity index (χ0) is 79.5. The highest BCUT2D eigenvalue weighted by atomic mass is 79.9. The van der Waals surface area contributed by atoms with Gasteiger partial charge in [-0.2, -0.15) is 9.90 Å². The standard InChI is InChI=1S/C21H20BNO3.C16H13ClN2O.C15H8ClNO.C12H24B2O4.C10H10BNO3.C6H5BrClN.C4H8O.H3P/c1-20(2)21(3,4)26-22(25-20)15-8-5-9-17-19(15)14-11-13-7-6-10-23-16(13)12-18(14)24-17;1-20-15-9-14-10(4-3-7-19-14)8-11(15)16-12(17)5-2-6-13(16)18;16-11-4-1-5-13-15(11)10-7-9-3-2-6-17-12(9)8-14(10)18-13;1-9(2)10(3,4)16-13(15-9)14-17-11(5,6)12(7,8)18-14;1-15-10-6-9-7(3-2-4-12-9)5-8(10)11(13)14;7-6-4(8)2-1-3-5(6)9;1-2-4-5-3-1;/h5-12H,1-4H3;2-9H,18H2,1H3;1-8H;1-8H3;2-6,13-14H,1H3;1-3H,9H2;1-4H2;1H3. The Morgan fingerprint density at radius 2 is 0.830 bits per heavy atom. The van der Waals surface area contributed by atoms with Crippen LogP contribution in [0.3, 0.4) is 0 Å². The predicted molar refractivity (Wildman–Crippen MR) is 467 cm³/mol. The number of nitrogen functional groups attached to an aromatic ring is 2. The number of methoxy groups -OCH3 is 2. The molecular formula is C84H91B4BrCl3N6O13P. The number of rotatable bonds is 6. The molecule has 1 unspecified atom stereocenters. The molecule has 8 aromatic carbocycles. The van der Waals surface area contributed by atoms with E-state index in [1.54, 1.807) is 62.2 Å². The number of benzene rings is 8. The minimum Gasteiger partial charge on any atom is -0.497 e. The van der Waals surface area contributed by atoms with Gasteiger partial charge in [-0.15, -0.1) is 0 Å². The molecule has 18 rings (SSSR count). The second-order valence-electron chi connectivity index (χ2n) is 30.0. The Morgan fingerprint density at radius 1 is 0.438 bits per heavy atom. The number of pyridine rings is 4. The largest absolute Gasteiger partial charge is 0.497 e. The molecule has 10 heterocycles. The van der Waals surface area contributed by atoms with Crippen molar-refractivity contribution >= 4 is 199 Å². The van der Waals surface area contributed by atoms with Gasteiger partial charge in [0.25, 0.3) is 0 Å². The summed E-state index contributed by atoms with van der Waals surface area (Å²) in [4.78, 5) is 17.2. The number of nitrogens with zero attached hydrogens (tertiary/aromatic N) is 4. The maximum atomic E-state index is 9.15. The van der Waals surface area contributed by atoms with Gasteiger partial charge in [0.1, 0.15) is 33.8 Å². The molecule has 0 aliphatic carbocycles. The fourth-order valence-corrected chi connectivity index (χ4v) is 13.8. The van der Waals surface area contributed by atoms with E-state index in [1.807, 2.05) is 171 Å². The maximum Gasteiger partial charge on any atom is 0.495 e. The van der Waals surface area contributed by atoms with Gasteiger partial charge in [-0.1, -0.05) is 89.4 Å². The van der Waals surface area contributed by atoms with Crippen molar-refractivity contribution in [3.05, 3.63) is 214 Å². The van der Waals surface area contributed by atoms with Crippen molar-refractivity contribution in [3.8, 4) is 22.6 Å². The summed E-state index contributed by atoms with van der Waals surface area (Å²) in [6.07, 6.45) is 9.57. The molecule has 19 nitrogen and oxygen atoms in total. The van der Waals surface area contributed by atoms with E-state index in [1.165, 1.54) is 20.0 Å². The molecule has 4 fully saturated rings. The molecule has 6 N–H and O–H groups in total. The third-order valence-electron chi connectivity index (χ3n) is 21.0. The van der Waals surface area contributed by atoms with Gasteiger partial charge < -0.3 is 72.5 Å². The summed E-state index contributed by atoms with van der Waals surface area (Å²) in [7, 11) is 0.196. The maximum absolute atomic E-state index is 9.15. The lowest BCUT2D eigenvalue weighted by atomic mass is 9.49. The smallest absolute Gasteiger partial charge is 0.495 e. The van der Waals surface area contributed by atoms with Crippen LogP contribution in [0.15, 0.2) is 208 Å². The molecule has 580 valence electrons. The fraction of sp³-hybridized carbons (Fsp3) is 0.286. The topological polar surface area (TPSA) is 253 Å². The van der Waals surface area contributed by atoms with Crippen LogP contribution in [-0.4, -0.2) is 119 Å². The Hall–Kier alpha value is -8.12. The summed E-state index contributed by atoms with van der Waals surface area (Å²) in [5.74, 6) is 1.13. The summed E-state index contributed by atoms with van der Waals surface area (Å²) in [6.45, 7) is 26.5. The van der Waals surface area contributed by atoms with Crippen LogP contribution in [0.5, 0.6) is 11.5 Å². The number of halogens is 4. The van der Waals surface area contributed by atoms with E-state index in [2.05, 4.69) is 87.8 Å². The number of fused-ring (bicyclic) bond motifs is 10. The zero-order valence-corrected chi connectivity index (χ0v) is 70.4. The molecule has 0 radical (unpaired) electrons. The number of furan rings is 2. The second kappa shape index (κ2) is 34.9. The van der Waals surface area contributed by atoms with E-state index < -0.39 is 28.3 Å². The molecule has 6 aromatic heterocycles. The van der Waals surface area contributed by atoms with E-state index in [-0.39, 0.29) is 43.5 Å². The lowest BCUT2D eigenvalue weighted by molar-refractivity contribution is 0.00578. The first-order valence-corrected chi connectivity index (χ1v) is 38.3. The van der Waals surface area contributed by atoms with Crippen molar-refractivity contribution in [2.45, 2.75) is 130 Å². The van der Waals surface area contributed by atoms with Crippen LogP contribution in [0.25, 0.3) is 98.6 Å². The normalized spacial score (nSPS) is 16.6. The number of nitrogens with two attached hydrogens (primary N) is 2. The van der Waals surface area contributed by atoms with Gasteiger partial charge in [0.05, 0.1) is 89.4 Å². The lowest BCUT2D eigenvalue weighted by Gasteiger charge is -2.32. The molecule has 0 saturated carbocycles. The van der Waals surface area contributed by atoms with Crippen LogP contribution in [-0.2, 0) is 32.7 Å². The Labute approximate surface area is 680 Å². The quantitative estimate of drug-likeness (QED) is 0.0686. The molecule has 0 bridgehead atoms. The number of hydrogen-bond acceptors (Lipinski definition) is 19. The van der Waals surface area contributed by atoms with Crippen molar-refractivity contribution in [3.63, 3.8) is 0 Å². The zero-order valence-electron chi connectivity index (χ0n) is 65.2. The molecular weight excluding hydrogens is 1560 g/mol. The van der Waals surface area contributed by atoms with Crippen molar-refractivity contribution < 1.29 is 61.0 Å². The molecule has 0 spiro atoms. The minimum absolute atomic E-state index is 0. The molecule has 112 heavy (non-hydrogen) atoms. The summed E-state index contributed by atoms with van der Waals surface area (Å²) < 4.78 is 64.6. The number of anilines is 2. The molecule has 4 aliphatic rings. The summed E-state index contributed by atoms with van der Waals surface area (Å²) in [6, 6.07) is 53.5. The third-order valence-corrected chi connectivity index (χ3v) is 23.0. The van der Waals surface area contributed by atoms with Gasteiger partial charge in [0.2, 0.25) is 0 Å². The average molecular weight is 1650 g/mol. The molecule has 0 amide bonds. The van der Waals surface area contributed by atoms with Gasteiger partial charge in [-0.05, 0) is 208 Å². The Morgan fingerprint density at radius 3 is 1.27 bits per heavy atom. The third kappa shape index (κ3) is 18.3. The van der Waals surface area contributed by atoms with Crippen LogP contribution in [0.1, 0.15) is 95.9 Å². The van der Waals surface area contributed by atoms with Crippen LogP contribution >= 0.6 is 60.6 Å². The van der Waals surface area contributed by atoms with Crippen molar-refractivity contribution in [2.24, 2.45) is 0 Å². The minimum atomic E-state index is -1.54. The average Bonchev–Trinajstić information content (AvgIpc) is 1.56. The number of ether oxygens (including phenoxy) is 3. The highest BCUT2D eigenvalue weighted by molar-refractivity contribution is 9.10. The Kier molecular flexibility index (Phi) is 26.4. The summed E-state index contributed by atoms with van der Waals surface area (Å²) >= 11 is 21.5. The van der Waals surface area contributed by atoms with Crippen molar-refractivity contribution in [1.29, 1.82) is 0 Å². The van der Waals surface area contributed by atoms with Crippen LogP contribution in [0.4, 0.5) is 11.4 Å². The van der Waals surface area contributed by atoms with E-state index in [0.717, 1.165) is 127 Å². The SMILES string of the molecule is C1CCOC1.CC1(C)OB(B2OC(C)(C)C(C)(C)O2)OC1(C)C.CC1(C)OB(c2cccc3oc4cc5ncccc5cc4c23)OC1(C)C.COc1cc2ncccc2cc1-c1c(N)cccc1Cl.COc1cc2ncccc2cc1B(O)O.Clc1cccc2oc3cc4ncccc4cc3c12.Nc1cccc(Cl)c1Br.P. The van der Waals surface area contributed by atoms with Gasteiger partial charge in [-0.25, -0.2) is 0 Å². The van der Waals surface area contributed by atoms with Crippen LogP contribution in [0, 0.1) is 0 Å². The van der Waals surface area contributed by atoms with E-state index in [0.29, 0.717) is 38.4 Å². The summed E-state index contributed by atoms with van der Waals surface area (Å²) in [5.41, 5.74) is 20.5. The van der Waals surface area contributed by atoms with Crippen LogP contribution in [0.2, 0.25) is 15.1 Å². The van der Waals surface area contributed by atoms with Gasteiger partial charge >= 0.3 is 28.3 Å². The number of aromatic nitrogens is 4. The summed E-state index contributed by atoms with van der Waals surface area (Å²) in [5, 5.41) is 28.4. The molecule has 4 aliphatic heterocycles.